The number of hydrogen-bond donors (Lipinski definition) is 0. The summed E-state index contributed by atoms with van der Waals surface area (Å²) in [6.45, 7) is 40.2. The molecule has 0 aromatic heterocycles. The lowest BCUT2D eigenvalue weighted by molar-refractivity contribution is 0.194. The van der Waals surface area contributed by atoms with Crippen LogP contribution in [0.5, 0.6) is 0 Å². The Morgan fingerprint density at radius 2 is 1.00 bits per heavy atom. The van der Waals surface area contributed by atoms with Gasteiger partial charge in [0.05, 0.1) is 27.2 Å². The molecule has 11 rings (SSSR count). The molecule has 6 heteroatoms. The number of rotatable bonds is 4. The molecular formula is C60H78BN3Si2. The second kappa shape index (κ2) is 13.8. The molecule has 2 saturated carbocycles. The van der Waals surface area contributed by atoms with E-state index in [9.17, 15) is 0 Å². The number of hydrogen-bond acceptors (Lipinski definition) is 3. The third-order valence-electron chi connectivity index (χ3n) is 19.0. The summed E-state index contributed by atoms with van der Waals surface area (Å²) < 4.78 is 0. The van der Waals surface area contributed by atoms with Gasteiger partial charge in [-0.05, 0) is 125 Å². The van der Waals surface area contributed by atoms with Crippen LogP contribution in [0.1, 0.15) is 143 Å². The van der Waals surface area contributed by atoms with E-state index >= 15 is 0 Å². The van der Waals surface area contributed by atoms with Crippen molar-refractivity contribution in [2.24, 2.45) is 0 Å². The molecule has 2 aliphatic carbocycles. The average molecular weight is 908 g/mol. The summed E-state index contributed by atoms with van der Waals surface area (Å²) in [6.07, 6.45) is 10.00. The molecule has 4 atom stereocenters. The van der Waals surface area contributed by atoms with Gasteiger partial charge in [0.25, 0.3) is 6.71 Å². The topological polar surface area (TPSA) is 9.72 Å². The normalized spacial score (nSPS) is 26.4. The van der Waals surface area contributed by atoms with Crippen LogP contribution in [0.2, 0.25) is 39.3 Å². The van der Waals surface area contributed by atoms with Crippen LogP contribution >= 0.6 is 0 Å². The predicted octanol–water partition coefficient (Wildman–Crippen LogP) is 13.5. The Labute approximate surface area is 401 Å². The van der Waals surface area contributed by atoms with E-state index in [-0.39, 0.29) is 39.5 Å². The summed E-state index contributed by atoms with van der Waals surface area (Å²) in [7, 11) is -3.28. The van der Waals surface area contributed by atoms with Crippen molar-refractivity contribution in [1.29, 1.82) is 0 Å². The van der Waals surface area contributed by atoms with Crippen LogP contribution in [-0.2, 0) is 21.7 Å². The molecule has 0 amide bonds. The highest BCUT2D eigenvalue weighted by Crippen LogP contribution is 2.64. The first-order chi connectivity index (χ1) is 30.7. The SMILES string of the molecule is CC(C)(C)c1ccc(N2c3ccc(C(C)(C)C)cc3B3c4cc([Si](C)(C)C)cc5c4N(c4cc(N6c7ccc([Si](C)(C)C)cc7C7(C)CCCCC67C)cc2c43)C2(C)CCCCC52C)cc1. The van der Waals surface area contributed by atoms with Gasteiger partial charge in [-0.2, -0.15) is 0 Å². The van der Waals surface area contributed by atoms with Crippen LogP contribution in [0.15, 0.2) is 84.9 Å². The molecule has 2 fully saturated rings. The van der Waals surface area contributed by atoms with Crippen LogP contribution in [0.3, 0.4) is 0 Å². The Morgan fingerprint density at radius 3 is 1.61 bits per heavy atom. The van der Waals surface area contributed by atoms with E-state index in [1.54, 1.807) is 27.0 Å². The zero-order valence-corrected chi connectivity index (χ0v) is 45.7. The van der Waals surface area contributed by atoms with E-state index in [4.69, 9.17) is 0 Å². The Bertz CT molecular complexity index is 2850. The fourth-order valence-corrected chi connectivity index (χ4v) is 16.7. The van der Waals surface area contributed by atoms with E-state index in [2.05, 4.69) is 208 Å². The minimum absolute atomic E-state index is 0.0144. The average Bonchev–Trinajstić information content (AvgIpc) is 3.58. The lowest BCUT2D eigenvalue weighted by Gasteiger charge is -2.54. The smallest absolute Gasteiger partial charge is 0.252 e. The first-order valence-electron chi connectivity index (χ1n) is 25.9. The molecule has 0 radical (unpaired) electrons. The summed E-state index contributed by atoms with van der Waals surface area (Å²) in [6, 6.07) is 35.9. The maximum Gasteiger partial charge on any atom is 0.252 e. The minimum atomic E-state index is -1.73. The Hall–Kier alpha value is -4.00. The van der Waals surface area contributed by atoms with Gasteiger partial charge in [0.1, 0.15) is 0 Å². The van der Waals surface area contributed by atoms with Crippen molar-refractivity contribution in [2.45, 2.75) is 193 Å². The Morgan fingerprint density at radius 1 is 0.470 bits per heavy atom. The molecule has 4 aliphatic heterocycles. The van der Waals surface area contributed by atoms with E-state index in [1.807, 2.05) is 0 Å². The number of anilines is 7. The molecule has 0 N–H and O–H groups in total. The van der Waals surface area contributed by atoms with E-state index < -0.39 is 16.1 Å². The first kappa shape index (κ1) is 44.5. The molecule has 0 bridgehead atoms. The summed E-state index contributed by atoms with van der Waals surface area (Å²) >= 11 is 0. The van der Waals surface area contributed by atoms with E-state index in [0.29, 0.717) is 0 Å². The summed E-state index contributed by atoms with van der Waals surface area (Å²) in [5, 5.41) is 3.19. The first-order valence-corrected chi connectivity index (χ1v) is 32.9. The number of nitrogens with zero attached hydrogens (tertiary/aromatic N) is 3. The summed E-state index contributed by atoms with van der Waals surface area (Å²) in [5.74, 6) is 0. The Kier molecular flexibility index (Phi) is 9.33. The highest BCUT2D eigenvalue weighted by molar-refractivity contribution is 7.01. The molecule has 344 valence electrons. The molecule has 4 heterocycles. The van der Waals surface area contributed by atoms with Gasteiger partial charge < -0.3 is 14.7 Å². The molecule has 0 saturated heterocycles. The van der Waals surface area contributed by atoms with Gasteiger partial charge in [-0.3, -0.25) is 0 Å². The molecule has 66 heavy (non-hydrogen) atoms. The van der Waals surface area contributed by atoms with Crippen LogP contribution in [0, 0.1) is 0 Å². The third-order valence-corrected chi connectivity index (χ3v) is 23.0. The molecule has 5 aromatic rings. The van der Waals surface area contributed by atoms with Crippen LogP contribution in [0.25, 0.3) is 0 Å². The van der Waals surface area contributed by atoms with Crippen molar-refractivity contribution in [2.75, 3.05) is 14.7 Å². The Balaban J connectivity index is 1.28. The lowest BCUT2D eigenvalue weighted by Crippen LogP contribution is -2.65. The number of benzene rings is 5. The van der Waals surface area contributed by atoms with Gasteiger partial charge in [-0.25, -0.2) is 0 Å². The molecule has 5 aromatic carbocycles. The van der Waals surface area contributed by atoms with Gasteiger partial charge in [0, 0.05) is 50.6 Å². The fourth-order valence-electron chi connectivity index (χ4n) is 14.4. The maximum absolute atomic E-state index is 2.98. The van der Waals surface area contributed by atoms with Crippen molar-refractivity contribution in [3.05, 3.63) is 107 Å². The number of fused-ring (bicyclic) bond motifs is 10. The second-order valence-electron chi connectivity index (χ2n) is 27.0. The zero-order chi connectivity index (χ0) is 47.1. The van der Waals surface area contributed by atoms with Crippen molar-refractivity contribution in [3.8, 4) is 0 Å². The third kappa shape index (κ3) is 5.91. The predicted molar refractivity (Wildman–Crippen MR) is 295 cm³/mol. The second-order valence-corrected chi connectivity index (χ2v) is 37.1. The quantitative estimate of drug-likeness (QED) is 0.163. The zero-order valence-electron chi connectivity index (χ0n) is 43.7. The van der Waals surface area contributed by atoms with Gasteiger partial charge in [0.15, 0.2) is 0 Å². The van der Waals surface area contributed by atoms with Gasteiger partial charge in [-0.15, -0.1) is 0 Å². The van der Waals surface area contributed by atoms with Gasteiger partial charge >= 0.3 is 0 Å². The monoisotopic (exact) mass is 908 g/mol. The summed E-state index contributed by atoms with van der Waals surface area (Å²) in [4.78, 5) is 8.58. The molecule has 3 nitrogen and oxygen atoms in total. The van der Waals surface area contributed by atoms with E-state index in [1.165, 1.54) is 113 Å². The molecular weight excluding hydrogens is 830 g/mol. The van der Waals surface area contributed by atoms with Crippen LogP contribution in [-0.4, -0.2) is 33.9 Å². The largest absolute Gasteiger partial charge is 0.335 e. The molecule has 4 unspecified atom stereocenters. The van der Waals surface area contributed by atoms with Crippen molar-refractivity contribution in [3.63, 3.8) is 0 Å². The minimum Gasteiger partial charge on any atom is -0.335 e. The van der Waals surface area contributed by atoms with Crippen LogP contribution < -0.4 is 41.5 Å². The standard InChI is InChI=1S/C60H78BN3Si2/c1-55(2,3)39-21-24-41(25-22-39)62-50-27-23-40(56(4,5)6)33-47(50)61-48-38-44(66(14,15)16)37-46-54(48)64(60(10)32-20-18-30-58(46,60)8)52-35-42(34-51(62)53(52)61)63-49-28-26-43(65(11,12)13)36-45(49)57(7)29-17-19-31-59(57,63)9/h21-28,33-38H,17-20,29-32H2,1-16H3. The maximum atomic E-state index is 2.98. The van der Waals surface area contributed by atoms with E-state index in [0.717, 1.165) is 0 Å². The lowest BCUT2D eigenvalue weighted by atomic mass is 9.33. The van der Waals surface area contributed by atoms with Gasteiger partial charge in [-0.1, -0.05) is 179 Å². The van der Waals surface area contributed by atoms with Crippen molar-refractivity contribution in [1.82, 2.24) is 0 Å². The molecule has 0 spiro atoms. The van der Waals surface area contributed by atoms with Gasteiger partial charge in [0.2, 0.25) is 0 Å². The van der Waals surface area contributed by atoms with Crippen molar-refractivity contribution < 1.29 is 0 Å². The van der Waals surface area contributed by atoms with Crippen molar-refractivity contribution >= 4 is 89.4 Å². The fraction of sp³-hybridized carbons (Fsp3) is 0.500. The molecule has 6 aliphatic rings. The summed E-state index contributed by atoms with van der Waals surface area (Å²) in [5.41, 5.74) is 20.3. The van der Waals surface area contributed by atoms with Crippen LogP contribution in [0.4, 0.5) is 39.8 Å². The highest BCUT2D eigenvalue weighted by Gasteiger charge is 2.63. The highest BCUT2D eigenvalue weighted by atomic mass is 28.3.